The Morgan fingerprint density at radius 3 is 2.34 bits per heavy atom. The highest BCUT2D eigenvalue weighted by molar-refractivity contribution is 6.39. The molecule has 0 saturated carbocycles. The van der Waals surface area contributed by atoms with E-state index < -0.39 is 0 Å². The molecule has 0 spiro atoms. The molecule has 0 bridgehead atoms. The fourth-order valence-corrected chi connectivity index (χ4v) is 4.92. The molecule has 1 N–H and O–H groups in total. The van der Waals surface area contributed by atoms with Gasteiger partial charge in [0.25, 0.3) is 11.8 Å². The summed E-state index contributed by atoms with van der Waals surface area (Å²) in [6.07, 6.45) is 0.676. The first-order valence-electron chi connectivity index (χ1n) is 10.0. The zero-order chi connectivity index (χ0) is 20.6. The summed E-state index contributed by atoms with van der Waals surface area (Å²) in [5.74, 6) is 0.0214. The largest absolute Gasteiger partial charge is 0.338 e. The van der Waals surface area contributed by atoms with Crippen molar-refractivity contribution in [1.82, 2.24) is 20.1 Å². The van der Waals surface area contributed by atoms with Crippen LogP contribution in [0.25, 0.3) is 0 Å². The van der Waals surface area contributed by atoms with Crippen molar-refractivity contribution in [2.75, 3.05) is 46.8 Å². The molecule has 0 aromatic heterocycles. The number of hydrazone groups is 1. The van der Waals surface area contributed by atoms with Gasteiger partial charge in [-0.1, -0.05) is 18.2 Å². The molecule has 8 heteroatoms. The third-order valence-electron chi connectivity index (χ3n) is 6.14. The number of carbonyl (C=O) groups is 3. The van der Waals surface area contributed by atoms with Crippen molar-refractivity contribution in [2.45, 2.75) is 12.8 Å². The van der Waals surface area contributed by atoms with Crippen molar-refractivity contribution in [3.05, 3.63) is 35.9 Å². The van der Waals surface area contributed by atoms with Crippen LogP contribution < -0.4 is 5.43 Å². The molecule has 1 aromatic rings. The van der Waals surface area contributed by atoms with Crippen molar-refractivity contribution >= 4 is 23.4 Å². The van der Waals surface area contributed by atoms with Gasteiger partial charge in [0.2, 0.25) is 5.91 Å². The molecular formula is C21H27N5O3. The molecule has 29 heavy (non-hydrogen) atoms. The SMILES string of the molecule is CN(C)C[C@]12CN(C(=O)C3=NNC(=O)CC3)C[C@H]1CN(C(=O)c1ccccc1)C2. The highest BCUT2D eigenvalue weighted by Gasteiger charge is 2.54. The Morgan fingerprint density at radius 1 is 1.10 bits per heavy atom. The van der Waals surface area contributed by atoms with Gasteiger partial charge in [-0.05, 0) is 26.2 Å². The Hall–Kier alpha value is -2.74. The quantitative estimate of drug-likeness (QED) is 0.798. The van der Waals surface area contributed by atoms with Crippen LogP contribution in [-0.2, 0) is 9.59 Å². The van der Waals surface area contributed by atoms with Crippen LogP contribution in [-0.4, -0.2) is 85.0 Å². The predicted molar refractivity (Wildman–Crippen MR) is 108 cm³/mol. The van der Waals surface area contributed by atoms with E-state index in [1.807, 2.05) is 54.2 Å². The van der Waals surface area contributed by atoms with Crippen molar-refractivity contribution in [3.63, 3.8) is 0 Å². The number of rotatable bonds is 4. The second-order valence-corrected chi connectivity index (χ2v) is 8.63. The fraction of sp³-hybridized carbons (Fsp3) is 0.524. The number of hydrogen-bond acceptors (Lipinski definition) is 5. The number of hydrogen-bond donors (Lipinski definition) is 1. The summed E-state index contributed by atoms with van der Waals surface area (Å²) in [5.41, 5.74) is 3.38. The van der Waals surface area contributed by atoms with Gasteiger partial charge in [-0.25, -0.2) is 5.43 Å². The molecule has 2 saturated heterocycles. The minimum absolute atomic E-state index is 0.0513. The molecule has 0 aliphatic carbocycles. The molecule has 4 rings (SSSR count). The first kappa shape index (κ1) is 19.6. The Morgan fingerprint density at radius 2 is 1.76 bits per heavy atom. The van der Waals surface area contributed by atoms with E-state index in [1.165, 1.54) is 0 Å². The highest BCUT2D eigenvalue weighted by atomic mass is 16.2. The van der Waals surface area contributed by atoms with Crippen LogP contribution in [0, 0.1) is 11.3 Å². The lowest BCUT2D eigenvalue weighted by Crippen LogP contribution is -2.45. The number of amides is 3. The molecule has 0 unspecified atom stereocenters. The molecule has 2 atom stereocenters. The van der Waals surface area contributed by atoms with Crippen molar-refractivity contribution in [1.29, 1.82) is 0 Å². The lowest BCUT2D eigenvalue weighted by atomic mass is 9.80. The van der Waals surface area contributed by atoms with Crippen molar-refractivity contribution in [2.24, 2.45) is 16.4 Å². The van der Waals surface area contributed by atoms with Gasteiger partial charge in [-0.3, -0.25) is 14.4 Å². The van der Waals surface area contributed by atoms with Crippen LogP contribution in [0.15, 0.2) is 35.4 Å². The second kappa shape index (κ2) is 7.59. The third kappa shape index (κ3) is 3.76. The topological polar surface area (TPSA) is 85.3 Å². The molecule has 154 valence electrons. The molecule has 2 fully saturated rings. The van der Waals surface area contributed by atoms with Crippen molar-refractivity contribution < 1.29 is 14.4 Å². The summed E-state index contributed by atoms with van der Waals surface area (Å²) in [6.45, 7) is 3.30. The second-order valence-electron chi connectivity index (χ2n) is 8.63. The maximum Gasteiger partial charge on any atom is 0.270 e. The zero-order valence-corrected chi connectivity index (χ0v) is 16.9. The van der Waals surface area contributed by atoms with Crippen LogP contribution in [0.1, 0.15) is 23.2 Å². The van der Waals surface area contributed by atoms with E-state index in [0.29, 0.717) is 50.3 Å². The maximum atomic E-state index is 13.0. The van der Waals surface area contributed by atoms with E-state index in [-0.39, 0.29) is 29.1 Å². The number of nitrogens with zero attached hydrogens (tertiary/aromatic N) is 4. The van der Waals surface area contributed by atoms with Crippen LogP contribution >= 0.6 is 0 Å². The summed E-state index contributed by atoms with van der Waals surface area (Å²) in [7, 11) is 4.05. The summed E-state index contributed by atoms with van der Waals surface area (Å²) < 4.78 is 0. The van der Waals surface area contributed by atoms with Gasteiger partial charge in [-0.15, -0.1) is 0 Å². The van der Waals surface area contributed by atoms with E-state index in [9.17, 15) is 14.4 Å². The molecule has 3 heterocycles. The Labute approximate surface area is 170 Å². The van der Waals surface area contributed by atoms with E-state index in [0.717, 1.165) is 6.54 Å². The van der Waals surface area contributed by atoms with E-state index in [4.69, 9.17) is 0 Å². The number of nitrogens with one attached hydrogen (secondary N) is 1. The molecule has 1 aromatic carbocycles. The number of carbonyl (C=O) groups excluding carboxylic acids is 3. The summed E-state index contributed by atoms with van der Waals surface area (Å²) in [4.78, 5) is 43.2. The molecule has 8 nitrogen and oxygen atoms in total. The van der Waals surface area contributed by atoms with Gasteiger partial charge in [0.1, 0.15) is 5.71 Å². The standard InChI is InChI=1S/C21H27N5O3/c1-24(2)12-21-13-25(19(28)15-6-4-3-5-7-15)10-16(21)11-26(14-21)20(29)17-8-9-18(27)23-22-17/h3-7,16H,8-14H2,1-2H3,(H,23,27)/t16-,21+/m1/s1. The Kier molecular flexibility index (Phi) is 5.12. The van der Waals surface area contributed by atoms with Crippen LogP contribution in [0.5, 0.6) is 0 Å². The predicted octanol–water partition coefficient (Wildman–Crippen LogP) is 0.415. The Balaban J connectivity index is 1.51. The van der Waals surface area contributed by atoms with Gasteiger partial charge in [0, 0.05) is 62.5 Å². The minimum atomic E-state index is -0.154. The first-order valence-corrected chi connectivity index (χ1v) is 10.0. The lowest BCUT2D eigenvalue weighted by Gasteiger charge is -2.32. The van der Waals surface area contributed by atoms with E-state index >= 15 is 0 Å². The molecule has 3 aliphatic heterocycles. The zero-order valence-electron chi connectivity index (χ0n) is 16.9. The number of fused-ring (bicyclic) bond motifs is 1. The minimum Gasteiger partial charge on any atom is -0.338 e. The molecule has 3 aliphatic rings. The smallest absolute Gasteiger partial charge is 0.270 e. The average Bonchev–Trinajstić information content (AvgIpc) is 3.21. The average molecular weight is 397 g/mol. The number of benzene rings is 1. The lowest BCUT2D eigenvalue weighted by molar-refractivity contribution is -0.124. The van der Waals surface area contributed by atoms with Gasteiger partial charge >= 0.3 is 0 Å². The van der Waals surface area contributed by atoms with E-state index in [2.05, 4.69) is 15.4 Å². The first-order chi connectivity index (χ1) is 13.9. The highest BCUT2D eigenvalue weighted by Crippen LogP contribution is 2.43. The maximum absolute atomic E-state index is 13.0. The molecular weight excluding hydrogens is 370 g/mol. The monoisotopic (exact) mass is 397 g/mol. The third-order valence-corrected chi connectivity index (χ3v) is 6.14. The van der Waals surface area contributed by atoms with Gasteiger partial charge in [0.05, 0.1) is 0 Å². The fourth-order valence-electron chi connectivity index (χ4n) is 4.92. The summed E-state index contributed by atoms with van der Waals surface area (Å²) in [6, 6.07) is 9.36. The van der Waals surface area contributed by atoms with Gasteiger partial charge < -0.3 is 14.7 Å². The van der Waals surface area contributed by atoms with Gasteiger partial charge in [0.15, 0.2) is 0 Å². The molecule has 0 radical (unpaired) electrons. The van der Waals surface area contributed by atoms with Crippen molar-refractivity contribution in [3.8, 4) is 0 Å². The van der Waals surface area contributed by atoms with Gasteiger partial charge in [-0.2, -0.15) is 5.10 Å². The van der Waals surface area contributed by atoms with Crippen LogP contribution in [0.3, 0.4) is 0 Å². The summed E-state index contributed by atoms with van der Waals surface area (Å²) in [5, 5.41) is 3.97. The van der Waals surface area contributed by atoms with Crippen LogP contribution in [0.2, 0.25) is 0 Å². The Bertz CT molecular complexity index is 853. The number of likely N-dealkylation sites (tertiary alicyclic amines) is 2. The normalized spacial score (nSPS) is 26.4. The van der Waals surface area contributed by atoms with Crippen LogP contribution in [0.4, 0.5) is 0 Å². The summed E-state index contributed by atoms with van der Waals surface area (Å²) >= 11 is 0. The molecule has 3 amide bonds. The van der Waals surface area contributed by atoms with E-state index in [1.54, 1.807) is 0 Å².